The first kappa shape index (κ1) is 14.2. The van der Waals surface area contributed by atoms with Crippen molar-refractivity contribution in [2.24, 2.45) is 13.0 Å². The molecule has 0 bridgehead atoms. The second-order valence-electron chi connectivity index (χ2n) is 5.30. The highest BCUT2D eigenvalue weighted by Gasteiger charge is 2.25. The molecule has 4 heteroatoms. The molecule has 0 spiro atoms. The Labute approximate surface area is 120 Å². The minimum Gasteiger partial charge on any atom is -0.271 e. The zero-order valence-electron chi connectivity index (χ0n) is 11.3. The first-order chi connectivity index (χ1) is 8.63. The van der Waals surface area contributed by atoms with Crippen molar-refractivity contribution in [3.05, 3.63) is 16.4 Å². The van der Waals surface area contributed by atoms with E-state index in [2.05, 4.69) is 12.0 Å². The lowest BCUT2D eigenvalue weighted by molar-refractivity contribution is 0.451. The second-order valence-corrected chi connectivity index (χ2v) is 6.24. The van der Waals surface area contributed by atoms with Crippen LogP contribution in [0.15, 0.2) is 0 Å². The Morgan fingerprint density at radius 3 is 2.67 bits per heavy atom. The van der Waals surface area contributed by atoms with Gasteiger partial charge in [-0.05, 0) is 31.6 Å². The third-order valence-electron chi connectivity index (χ3n) is 4.02. The lowest BCUT2D eigenvalue weighted by Gasteiger charge is -2.19. The molecular formula is C14H22Cl2N2. The summed E-state index contributed by atoms with van der Waals surface area (Å²) in [7, 11) is 1.99. The van der Waals surface area contributed by atoms with Gasteiger partial charge in [0.15, 0.2) is 0 Å². The average Bonchev–Trinajstić information content (AvgIpc) is 2.52. The monoisotopic (exact) mass is 288 g/mol. The molecule has 2 unspecified atom stereocenters. The van der Waals surface area contributed by atoms with Crippen molar-refractivity contribution >= 4 is 23.2 Å². The second kappa shape index (κ2) is 6.29. The molecule has 0 saturated heterocycles. The summed E-state index contributed by atoms with van der Waals surface area (Å²) in [6, 6.07) is 0. The van der Waals surface area contributed by atoms with Gasteiger partial charge in [0.1, 0.15) is 0 Å². The van der Waals surface area contributed by atoms with Crippen LogP contribution in [0.4, 0.5) is 0 Å². The fourth-order valence-electron chi connectivity index (χ4n) is 2.86. The molecule has 1 aliphatic carbocycles. The van der Waals surface area contributed by atoms with Crippen molar-refractivity contribution in [3.63, 3.8) is 0 Å². The van der Waals surface area contributed by atoms with Crippen molar-refractivity contribution in [2.45, 2.75) is 57.2 Å². The van der Waals surface area contributed by atoms with E-state index in [9.17, 15) is 0 Å². The largest absolute Gasteiger partial charge is 0.271 e. The van der Waals surface area contributed by atoms with Crippen molar-refractivity contribution in [1.29, 1.82) is 0 Å². The van der Waals surface area contributed by atoms with Gasteiger partial charge in [0.2, 0.25) is 0 Å². The van der Waals surface area contributed by atoms with E-state index in [0.29, 0.717) is 11.3 Å². The smallest absolute Gasteiger partial charge is 0.0849 e. The molecule has 2 nitrogen and oxygen atoms in total. The minimum atomic E-state index is 0.295. The van der Waals surface area contributed by atoms with Gasteiger partial charge < -0.3 is 0 Å². The van der Waals surface area contributed by atoms with Crippen LogP contribution in [0.2, 0.25) is 5.02 Å². The van der Waals surface area contributed by atoms with Gasteiger partial charge in [-0.3, -0.25) is 4.68 Å². The zero-order valence-corrected chi connectivity index (χ0v) is 12.8. The Morgan fingerprint density at radius 2 is 2.00 bits per heavy atom. The van der Waals surface area contributed by atoms with Crippen LogP contribution in [0.25, 0.3) is 0 Å². The molecule has 2 rings (SSSR count). The van der Waals surface area contributed by atoms with Crippen LogP contribution in [-0.4, -0.2) is 15.2 Å². The summed E-state index contributed by atoms with van der Waals surface area (Å²) >= 11 is 12.9. The van der Waals surface area contributed by atoms with E-state index in [0.717, 1.165) is 35.7 Å². The van der Waals surface area contributed by atoms with Gasteiger partial charge >= 0.3 is 0 Å². The number of alkyl halides is 1. The molecule has 1 aliphatic rings. The predicted molar refractivity (Wildman–Crippen MR) is 77.5 cm³/mol. The van der Waals surface area contributed by atoms with E-state index in [4.69, 9.17) is 23.2 Å². The molecule has 0 aromatic carbocycles. The highest BCUT2D eigenvalue weighted by Crippen LogP contribution is 2.32. The summed E-state index contributed by atoms with van der Waals surface area (Å²) in [6.45, 7) is 2.09. The first-order valence-electron chi connectivity index (χ1n) is 6.97. The van der Waals surface area contributed by atoms with Crippen LogP contribution in [0.3, 0.4) is 0 Å². The molecule has 2 atom stereocenters. The summed E-state index contributed by atoms with van der Waals surface area (Å²) in [6.07, 6.45) is 8.10. The SMILES string of the molecule is CCc1nn(C)c(CC2CCCCCC2Cl)c1Cl. The number of rotatable bonds is 3. The van der Waals surface area contributed by atoms with E-state index < -0.39 is 0 Å². The molecule has 1 fully saturated rings. The topological polar surface area (TPSA) is 17.8 Å². The normalized spacial score (nSPS) is 25.1. The molecule has 1 aromatic rings. The van der Waals surface area contributed by atoms with Crippen molar-refractivity contribution in [1.82, 2.24) is 9.78 Å². The Hall–Kier alpha value is -0.210. The highest BCUT2D eigenvalue weighted by molar-refractivity contribution is 6.31. The molecule has 0 aliphatic heterocycles. The van der Waals surface area contributed by atoms with Gasteiger partial charge in [0.05, 0.1) is 16.4 Å². The molecule has 0 amide bonds. The minimum absolute atomic E-state index is 0.295. The van der Waals surface area contributed by atoms with Gasteiger partial charge in [-0.2, -0.15) is 5.10 Å². The maximum absolute atomic E-state index is 6.51. The van der Waals surface area contributed by atoms with E-state index in [1.807, 2.05) is 11.7 Å². The number of aromatic nitrogens is 2. The van der Waals surface area contributed by atoms with E-state index >= 15 is 0 Å². The summed E-state index contributed by atoms with van der Waals surface area (Å²) in [5, 5.41) is 5.63. The van der Waals surface area contributed by atoms with E-state index in [1.165, 1.54) is 25.7 Å². The summed E-state index contributed by atoms with van der Waals surface area (Å²) < 4.78 is 1.94. The summed E-state index contributed by atoms with van der Waals surface area (Å²) in [5.74, 6) is 0.548. The van der Waals surface area contributed by atoms with E-state index in [1.54, 1.807) is 0 Å². The standard InChI is InChI=1S/C14H22Cl2N2/c1-3-12-14(16)13(18(2)17-12)9-10-7-5-4-6-8-11(10)15/h10-11H,3-9H2,1-2H3. The summed E-state index contributed by atoms with van der Waals surface area (Å²) in [5.41, 5.74) is 2.17. The van der Waals surface area contributed by atoms with Gasteiger partial charge in [0.25, 0.3) is 0 Å². The molecular weight excluding hydrogens is 267 g/mol. The van der Waals surface area contributed by atoms with Crippen LogP contribution in [0, 0.1) is 5.92 Å². The van der Waals surface area contributed by atoms with E-state index in [-0.39, 0.29) is 0 Å². The summed E-state index contributed by atoms with van der Waals surface area (Å²) in [4.78, 5) is 0. The zero-order chi connectivity index (χ0) is 13.1. The molecule has 0 radical (unpaired) electrons. The van der Waals surface area contributed by atoms with Crippen LogP contribution in [0.1, 0.15) is 50.4 Å². The maximum Gasteiger partial charge on any atom is 0.0849 e. The average molecular weight is 289 g/mol. The predicted octanol–water partition coefficient (Wildman–Crippen LogP) is 4.37. The quantitative estimate of drug-likeness (QED) is 0.597. The molecule has 1 aromatic heterocycles. The van der Waals surface area contributed by atoms with Crippen LogP contribution in [0.5, 0.6) is 0 Å². The number of nitrogens with zero attached hydrogens (tertiary/aromatic N) is 2. The number of halogens is 2. The number of hydrogen-bond acceptors (Lipinski definition) is 1. The third-order valence-corrected chi connectivity index (χ3v) is 5.04. The molecule has 0 N–H and O–H groups in total. The molecule has 1 saturated carbocycles. The van der Waals surface area contributed by atoms with Gasteiger partial charge in [-0.15, -0.1) is 11.6 Å². The van der Waals surface area contributed by atoms with Crippen LogP contribution >= 0.6 is 23.2 Å². The van der Waals surface area contributed by atoms with Crippen LogP contribution in [-0.2, 0) is 19.9 Å². The van der Waals surface area contributed by atoms with Crippen LogP contribution < -0.4 is 0 Å². The van der Waals surface area contributed by atoms with Gasteiger partial charge in [0, 0.05) is 12.4 Å². The lowest BCUT2D eigenvalue weighted by Crippen LogP contribution is -2.17. The Bertz CT molecular complexity index is 401. The van der Waals surface area contributed by atoms with Crippen molar-refractivity contribution < 1.29 is 0 Å². The fourth-order valence-corrected chi connectivity index (χ4v) is 3.60. The highest BCUT2D eigenvalue weighted by atomic mass is 35.5. The Kier molecular flexibility index (Phi) is 4.97. The van der Waals surface area contributed by atoms with Crippen molar-refractivity contribution in [2.75, 3.05) is 0 Å². The molecule has 18 heavy (non-hydrogen) atoms. The van der Waals surface area contributed by atoms with Crippen molar-refractivity contribution in [3.8, 4) is 0 Å². The van der Waals surface area contributed by atoms with Gasteiger partial charge in [-0.25, -0.2) is 0 Å². The number of aryl methyl sites for hydroxylation is 2. The fraction of sp³-hybridized carbons (Fsp3) is 0.786. The Morgan fingerprint density at radius 1 is 1.28 bits per heavy atom. The number of hydrogen-bond donors (Lipinski definition) is 0. The lowest BCUT2D eigenvalue weighted by atomic mass is 9.94. The molecule has 102 valence electrons. The maximum atomic E-state index is 6.51. The van der Waals surface area contributed by atoms with Gasteiger partial charge in [-0.1, -0.05) is 37.8 Å². The molecule has 1 heterocycles. The Balaban J connectivity index is 2.14. The third kappa shape index (κ3) is 3.03. The first-order valence-corrected chi connectivity index (χ1v) is 7.79.